The molecule has 3 aromatic heterocycles. The van der Waals surface area contributed by atoms with Crippen LogP contribution in [0.2, 0.25) is 0 Å². The highest BCUT2D eigenvalue weighted by Gasteiger charge is 2.13. The van der Waals surface area contributed by atoms with E-state index in [-0.39, 0.29) is 0 Å². The summed E-state index contributed by atoms with van der Waals surface area (Å²) in [4.78, 5) is 10.5. The first-order valence-corrected chi connectivity index (χ1v) is 15.2. The maximum Gasteiger partial charge on any atom is 0.135 e. The van der Waals surface area contributed by atoms with Crippen LogP contribution in [0.25, 0.3) is 98.6 Å². The number of para-hydroxylation sites is 1. The number of benzene rings is 7. The summed E-state index contributed by atoms with van der Waals surface area (Å²) in [5.41, 5.74) is 7.59. The second-order valence-corrected chi connectivity index (χ2v) is 11.8. The van der Waals surface area contributed by atoms with Crippen molar-refractivity contribution < 1.29 is 4.42 Å². The Morgan fingerprint density at radius 2 is 0.778 bits per heavy atom. The van der Waals surface area contributed by atoms with Crippen LogP contribution in [-0.4, -0.2) is 9.97 Å². The van der Waals surface area contributed by atoms with Crippen LogP contribution >= 0.6 is 0 Å². The van der Waals surface area contributed by atoms with E-state index in [1.54, 1.807) is 0 Å². The van der Waals surface area contributed by atoms with Gasteiger partial charge in [0.05, 0.1) is 22.4 Å². The Balaban J connectivity index is 1.16. The van der Waals surface area contributed by atoms with E-state index in [4.69, 9.17) is 14.4 Å². The van der Waals surface area contributed by atoms with Gasteiger partial charge in [0.1, 0.15) is 11.2 Å². The molecule has 0 saturated carbocycles. The molecular formula is C42H24N2O. The van der Waals surface area contributed by atoms with E-state index in [9.17, 15) is 0 Å². The van der Waals surface area contributed by atoms with Crippen molar-refractivity contribution in [3.05, 3.63) is 146 Å². The number of furan rings is 1. The molecule has 7 aromatic carbocycles. The summed E-state index contributed by atoms with van der Waals surface area (Å²) >= 11 is 0. The molecule has 0 bridgehead atoms. The van der Waals surface area contributed by atoms with Gasteiger partial charge in [0.25, 0.3) is 0 Å². The lowest BCUT2D eigenvalue weighted by atomic mass is 9.93. The minimum absolute atomic E-state index is 0.883. The van der Waals surface area contributed by atoms with E-state index in [0.29, 0.717) is 0 Å². The Morgan fingerprint density at radius 3 is 1.40 bits per heavy atom. The van der Waals surface area contributed by atoms with Crippen LogP contribution in [0.15, 0.2) is 150 Å². The molecule has 3 heteroatoms. The summed E-state index contributed by atoms with van der Waals surface area (Å²) in [6, 6.07) is 51.4. The molecule has 3 nitrogen and oxygen atoms in total. The van der Waals surface area contributed by atoms with Crippen molar-refractivity contribution in [2.45, 2.75) is 0 Å². The first-order valence-electron chi connectivity index (χ1n) is 15.2. The average molecular weight is 573 g/mol. The van der Waals surface area contributed by atoms with Gasteiger partial charge in [-0.1, -0.05) is 103 Å². The first-order chi connectivity index (χ1) is 22.3. The van der Waals surface area contributed by atoms with Crippen molar-refractivity contribution in [2.75, 3.05) is 0 Å². The summed E-state index contributed by atoms with van der Waals surface area (Å²) < 4.78 is 6.07. The molecule has 208 valence electrons. The molecule has 0 saturated heterocycles. The van der Waals surface area contributed by atoms with Crippen LogP contribution in [0.5, 0.6) is 0 Å². The largest absolute Gasteiger partial charge is 0.456 e. The van der Waals surface area contributed by atoms with Crippen molar-refractivity contribution in [1.82, 2.24) is 9.97 Å². The van der Waals surface area contributed by atoms with Crippen LogP contribution in [0.4, 0.5) is 0 Å². The minimum atomic E-state index is 0.883. The van der Waals surface area contributed by atoms with Crippen LogP contribution in [0, 0.1) is 0 Å². The lowest BCUT2D eigenvalue weighted by Crippen LogP contribution is -1.91. The van der Waals surface area contributed by atoms with Gasteiger partial charge in [0, 0.05) is 32.7 Å². The third-order valence-electron chi connectivity index (χ3n) is 9.23. The molecule has 0 aliphatic rings. The third-order valence-corrected chi connectivity index (χ3v) is 9.23. The molecule has 3 heterocycles. The van der Waals surface area contributed by atoms with Crippen molar-refractivity contribution >= 4 is 76.1 Å². The van der Waals surface area contributed by atoms with Crippen LogP contribution < -0.4 is 0 Å². The zero-order valence-electron chi connectivity index (χ0n) is 24.2. The second kappa shape index (κ2) is 9.22. The van der Waals surface area contributed by atoms with E-state index in [0.717, 1.165) is 66.3 Å². The van der Waals surface area contributed by atoms with Crippen molar-refractivity contribution in [2.24, 2.45) is 0 Å². The molecule has 0 aliphatic heterocycles. The maximum absolute atomic E-state index is 6.07. The molecule has 0 unspecified atom stereocenters. The molecule has 45 heavy (non-hydrogen) atoms. The fraction of sp³-hybridized carbons (Fsp3) is 0. The number of hydrogen-bond donors (Lipinski definition) is 0. The molecule has 10 rings (SSSR count). The Labute approximate surface area is 258 Å². The average Bonchev–Trinajstić information content (AvgIpc) is 3.49. The Morgan fingerprint density at radius 1 is 0.333 bits per heavy atom. The minimum Gasteiger partial charge on any atom is -0.456 e. The molecule has 10 aromatic rings. The highest BCUT2D eigenvalue weighted by atomic mass is 16.3. The standard InChI is InChI=1S/C42H24N2O/c1-2-9-31-29(7-1)30-8-3-4-10-32(30)35-23-27(15-19-33(31)35)37-20-16-25-13-14-26-17-21-38(44-42(26)41(25)43-37)28-18-22-40-36(24-28)34-11-5-6-12-39(34)45-40/h1-24H. The Kier molecular flexibility index (Phi) is 5.00. The monoisotopic (exact) mass is 572 g/mol. The van der Waals surface area contributed by atoms with E-state index < -0.39 is 0 Å². The zero-order chi connectivity index (χ0) is 29.5. The summed E-state index contributed by atoms with van der Waals surface area (Å²) in [6.07, 6.45) is 0. The molecular weight excluding hydrogens is 548 g/mol. The second-order valence-electron chi connectivity index (χ2n) is 11.8. The molecule has 0 spiro atoms. The van der Waals surface area contributed by atoms with Crippen LogP contribution in [0.3, 0.4) is 0 Å². The summed E-state index contributed by atoms with van der Waals surface area (Å²) in [6.45, 7) is 0. The molecule has 0 radical (unpaired) electrons. The van der Waals surface area contributed by atoms with Crippen LogP contribution in [-0.2, 0) is 0 Å². The van der Waals surface area contributed by atoms with Gasteiger partial charge >= 0.3 is 0 Å². The summed E-state index contributed by atoms with van der Waals surface area (Å²) in [5.74, 6) is 0. The maximum atomic E-state index is 6.07. The van der Waals surface area contributed by atoms with Crippen molar-refractivity contribution in [1.29, 1.82) is 0 Å². The van der Waals surface area contributed by atoms with E-state index in [1.165, 1.54) is 32.3 Å². The molecule has 0 amide bonds. The smallest absolute Gasteiger partial charge is 0.135 e. The number of pyridine rings is 2. The van der Waals surface area contributed by atoms with Crippen LogP contribution in [0.1, 0.15) is 0 Å². The van der Waals surface area contributed by atoms with Gasteiger partial charge in [-0.3, -0.25) is 0 Å². The van der Waals surface area contributed by atoms with Gasteiger partial charge in [-0.25, -0.2) is 9.97 Å². The van der Waals surface area contributed by atoms with E-state index >= 15 is 0 Å². The molecule has 0 fully saturated rings. The predicted octanol–water partition coefficient (Wildman–Crippen LogP) is 11.5. The Bertz CT molecular complexity index is 2790. The number of hydrogen-bond acceptors (Lipinski definition) is 3. The molecule has 0 aliphatic carbocycles. The van der Waals surface area contributed by atoms with Gasteiger partial charge in [0.2, 0.25) is 0 Å². The Hall–Kier alpha value is -6.06. The normalized spacial score (nSPS) is 12.0. The SMILES string of the molecule is c1ccc2c(c1)oc1ccc(-c3ccc4ccc5ccc(-c6ccc7c8ccccc8c8ccccc8c7c6)nc5c4n3)cc12. The summed E-state index contributed by atoms with van der Waals surface area (Å²) in [7, 11) is 0. The zero-order valence-corrected chi connectivity index (χ0v) is 24.2. The van der Waals surface area contributed by atoms with E-state index in [2.05, 4.69) is 121 Å². The van der Waals surface area contributed by atoms with Gasteiger partial charge in [-0.2, -0.15) is 0 Å². The molecule has 0 atom stereocenters. The number of rotatable bonds is 2. The number of fused-ring (bicyclic) bond motifs is 12. The summed E-state index contributed by atoms with van der Waals surface area (Å²) in [5, 5.41) is 11.9. The van der Waals surface area contributed by atoms with E-state index in [1.807, 2.05) is 24.3 Å². The highest BCUT2D eigenvalue weighted by molar-refractivity contribution is 6.25. The fourth-order valence-electron chi connectivity index (χ4n) is 7.04. The van der Waals surface area contributed by atoms with Gasteiger partial charge in [-0.15, -0.1) is 0 Å². The van der Waals surface area contributed by atoms with Crippen molar-refractivity contribution in [3.8, 4) is 22.5 Å². The number of nitrogens with zero attached hydrogens (tertiary/aromatic N) is 2. The topological polar surface area (TPSA) is 38.9 Å². The van der Waals surface area contributed by atoms with Gasteiger partial charge < -0.3 is 4.42 Å². The van der Waals surface area contributed by atoms with Gasteiger partial charge in [0.15, 0.2) is 0 Å². The first kappa shape index (κ1) is 24.4. The number of aromatic nitrogens is 2. The van der Waals surface area contributed by atoms with Crippen molar-refractivity contribution in [3.63, 3.8) is 0 Å². The lowest BCUT2D eigenvalue weighted by molar-refractivity contribution is 0.669. The quantitative estimate of drug-likeness (QED) is 0.193. The predicted molar refractivity (Wildman–Crippen MR) is 188 cm³/mol. The lowest BCUT2D eigenvalue weighted by Gasteiger charge is -2.12. The molecule has 0 N–H and O–H groups in total. The highest BCUT2D eigenvalue weighted by Crippen LogP contribution is 2.38. The third kappa shape index (κ3) is 3.65. The fourth-order valence-corrected chi connectivity index (χ4v) is 7.04. The van der Waals surface area contributed by atoms with Gasteiger partial charge in [-0.05, 0) is 74.8 Å².